The first-order chi connectivity index (χ1) is 7.75. The van der Waals surface area contributed by atoms with Gasteiger partial charge in [0.2, 0.25) is 0 Å². The van der Waals surface area contributed by atoms with Gasteiger partial charge in [-0.1, -0.05) is 70.0 Å². The van der Waals surface area contributed by atoms with Crippen molar-refractivity contribution in [1.82, 2.24) is 0 Å². The number of rotatable bonds is 2. The maximum atomic E-state index is 5.82. The van der Waals surface area contributed by atoms with E-state index in [2.05, 4.69) is 34.1 Å². The van der Waals surface area contributed by atoms with Gasteiger partial charge in [0, 0.05) is 9.50 Å². The third-order valence-electron chi connectivity index (χ3n) is 2.23. The highest BCUT2D eigenvalue weighted by molar-refractivity contribution is 9.10. The summed E-state index contributed by atoms with van der Waals surface area (Å²) in [6, 6.07) is 15.9. The lowest BCUT2D eigenvalue weighted by atomic mass is 10.1. The van der Waals surface area contributed by atoms with Crippen molar-refractivity contribution in [3.05, 3.63) is 69.2 Å². The Bertz CT molecular complexity index is 500. The van der Waals surface area contributed by atoms with E-state index in [1.807, 2.05) is 42.5 Å². The molecule has 0 aliphatic heterocycles. The van der Waals surface area contributed by atoms with Gasteiger partial charge in [-0.05, 0) is 29.3 Å². The van der Waals surface area contributed by atoms with E-state index in [0.717, 1.165) is 20.6 Å². The highest BCUT2D eigenvalue weighted by Crippen LogP contribution is 2.19. The molecule has 0 atom stereocenters. The molecular formula is C14H10BrCl. The highest BCUT2D eigenvalue weighted by atomic mass is 79.9. The van der Waals surface area contributed by atoms with Gasteiger partial charge in [0.1, 0.15) is 0 Å². The predicted molar refractivity (Wildman–Crippen MR) is 74.5 cm³/mol. The lowest BCUT2D eigenvalue weighted by molar-refractivity contribution is 1.60. The number of halogens is 2. The second-order valence-electron chi connectivity index (χ2n) is 3.41. The maximum Gasteiger partial charge on any atom is 0.0406 e. The second kappa shape index (κ2) is 5.33. The molecule has 80 valence electrons. The molecule has 0 N–H and O–H groups in total. The van der Waals surface area contributed by atoms with Crippen LogP contribution >= 0.6 is 27.5 Å². The Kier molecular flexibility index (Phi) is 3.81. The molecule has 0 aliphatic carbocycles. The molecule has 0 saturated carbocycles. The molecule has 0 radical (unpaired) electrons. The van der Waals surface area contributed by atoms with E-state index >= 15 is 0 Å². The van der Waals surface area contributed by atoms with Gasteiger partial charge >= 0.3 is 0 Å². The second-order valence-corrected chi connectivity index (χ2v) is 4.70. The lowest BCUT2D eigenvalue weighted by Crippen LogP contribution is -1.74. The van der Waals surface area contributed by atoms with Crippen LogP contribution in [0.25, 0.3) is 12.2 Å². The number of hydrogen-bond acceptors (Lipinski definition) is 0. The summed E-state index contributed by atoms with van der Waals surface area (Å²) in [4.78, 5) is 0. The molecule has 0 fully saturated rings. The zero-order valence-corrected chi connectivity index (χ0v) is 10.9. The van der Waals surface area contributed by atoms with E-state index in [-0.39, 0.29) is 0 Å². The van der Waals surface area contributed by atoms with E-state index in [4.69, 9.17) is 11.6 Å². The van der Waals surface area contributed by atoms with Crippen molar-refractivity contribution in [2.45, 2.75) is 0 Å². The molecule has 16 heavy (non-hydrogen) atoms. The molecule has 0 aliphatic rings. The first-order valence-corrected chi connectivity index (χ1v) is 6.11. The molecule has 0 heterocycles. The molecule has 0 spiro atoms. The Morgan fingerprint density at radius 3 is 2.25 bits per heavy atom. The van der Waals surface area contributed by atoms with Crippen molar-refractivity contribution in [2.75, 3.05) is 0 Å². The van der Waals surface area contributed by atoms with E-state index in [1.165, 1.54) is 0 Å². The van der Waals surface area contributed by atoms with E-state index in [1.54, 1.807) is 0 Å². The first kappa shape index (κ1) is 11.4. The summed E-state index contributed by atoms with van der Waals surface area (Å²) >= 11 is 9.33. The van der Waals surface area contributed by atoms with E-state index in [9.17, 15) is 0 Å². The van der Waals surface area contributed by atoms with Crippen LogP contribution in [-0.2, 0) is 0 Å². The molecule has 0 nitrogen and oxygen atoms in total. The molecule has 2 aromatic rings. The summed E-state index contributed by atoms with van der Waals surface area (Å²) in [7, 11) is 0. The minimum Gasteiger partial charge on any atom is -0.0843 e. The fourth-order valence-corrected chi connectivity index (χ4v) is 1.91. The number of hydrogen-bond donors (Lipinski definition) is 0. The highest BCUT2D eigenvalue weighted by Gasteiger charge is 1.93. The Hall–Kier alpha value is -1.05. The molecule has 0 aromatic heterocycles. The van der Waals surface area contributed by atoms with Crippen LogP contribution in [0.15, 0.2) is 53.0 Å². The largest absolute Gasteiger partial charge is 0.0843 e. The average molecular weight is 294 g/mol. The van der Waals surface area contributed by atoms with Crippen LogP contribution in [0.1, 0.15) is 11.1 Å². The van der Waals surface area contributed by atoms with Crippen molar-refractivity contribution in [3.63, 3.8) is 0 Å². The Morgan fingerprint density at radius 2 is 1.56 bits per heavy atom. The van der Waals surface area contributed by atoms with Gasteiger partial charge in [0.25, 0.3) is 0 Å². The molecule has 0 bridgehead atoms. The van der Waals surface area contributed by atoms with Gasteiger partial charge in [0.05, 0.1) is 0 Å². The van der Waals surface area contributed by atoms with Crippen LogP contribution < -0.4 is 0 Å². The van der Waals surface area contributed by atoms with E-state index < -0.39 is 0 Å². The van der Waals surface area contributed by atoms with Crippen molar-refractivity contribution in [3.8, 4) is 0 Å². The zero-order valence-electron chi connectivity index (χ0n) is 8.53. The van der Waals surface area contributed by atoms with Crippen LogP contribution in [0.3, 0.4) is 0 Å². The fourth-order valence-electron chi connectivity index (χ4n) is 1.37. The summed E-state index contributed by atoms with van der Waals surface area (Å²) in [6.07, 6.45) is 4.14. The Balaban J connectivity index is 2.21. The Morgan fingerprint density at radius 1 is 0.875 bits per heavy atom. The standard InChI is InChI=1S/C14H10BrCl/c15-14-4-2-1-3-12(14)8-5-11-6-9-13(16)10-7-11/h1-10H. The third-order valence-corrected chi connectivity index (χ3v) is 3.20. The average Bonchev–Trinajstić information content (AvgIpc) is 2.30. The summed E-state index contributed by atoms with van der Waals surface area (Å²) in [5.41, 5.74) is 2.30. The normalized spacial score (nSPS) is 10.9. The first-order valence-electron chi connectivity index (χ1n) is 4.94. The monoisotopic (exact) mass is 292 g/mol. The quantitative estimate of drug-likeness (QED) is 0.661. The van der Waals surface area contributed by atoms with Crippen molar-refractivity contribution < 1.29 is 0 Å². The van der Waals surface area contributed by atoms with Gasteiger partial charge < -0.3 is 0 Å². The SMILES string of the molecule is Clc1ccc(C=Cc2ccccc2Br)cc1. The van der Waals surface area contributed by atoms with Gasteiger partial charge in [0.15, 0.2) is 0 Å². The predicted octanol–water partition coefficient (Wildman–Crippen LogP) is 5.27. The van der Waals surface area contributed by atoms with Crippen molar-refractivity contribution in [2.24, 2.45) is 0 Å². The molecule has 2 rings (SSSR count). The summed E-state index contributed by atoms with van der Waals surface area (Å²) < 4.78 is 1.10. The van der Waals surface area contributed by atoms with Crippen LogP contribution in [-0.4, -0.2) is 0 Å². The number of benzene rings is 2. The van der Waals surface area contributed by atoms with Crippen LogP contribution in [0.4, 0.5) is 0 Å². The third kappa shape index (κ3) is 2.97. The Labute approximate surface area is 109 Å². The molecule has 2 heteroatoms. The molecular weight excluding hydrogens is 284 g/mol. The maximum absolute atomic E-state index is 5.82. The van der Waals surface area contributed by atoms with E-state index in [0.29, 0.717) is 0 Å². The molecule has 0 saturated heterocycles. The summed E-state index contributed by atoms with van der Waals surface area (Å²) in [5.74, 6) is 0. The van der Waals surface area contributed by atoms with Crippen LogP contribution in [0.2, 0.25) is 5.02 Å². The van der Waals surface area contributed by atoms with Crippen LogP contribution in [0, 0.1) is 0 Å². The van der Waals surface area contributed by atoms with Gasteiger partial charge in [-0.25, -0.2) is 0 Å². The lowest BCUT2D eigenvalue weighted by Gasteiger charge is -1.97. The smallest absolute Gasteiger partial charge is 0.0406 e. The summed E-state index contributed by atoms with van der Waals surface area (Å²) in [6.45, 7) is 0. The topological polar surface area (TPSA) is 0 Å². The van der Waals surface area contributed by atoms with Crippen LogP contribution in [0.5, 0.6) is 0 Å². The van der Waals surface area contributed by atoms with Gasteiger partial charge in [-0.2, -0.15) is 0 Å². The minimum absolute atomic E-state index is 0.762. The van der Waals surface area contributed by atoms with Crippen molar-refractivity contribution >= 4 is 39.7 Å². The molecule has 2 aromatic carbocycles. The fraction of sp³-hybridized carbons (Fsp3) is 0. The molecule has 0 unspecified atom stereocenters. The van der Waals surface area contributed by atoms with Gasteiger partial charge in [-0.15, -0.1) is 0 Å². The minimum atomic E-state index is 0.762. The van der Waals surface area contributed by atoms with Crippen molar-refractivity contribution in [1.29, 1.82) is 0 Å². The zero-order chi connectivity index (χ0) is 11.4. The van der Waals surface area contributed by atoms with Gasteiger partial charge in [-0.3, -0.25) is 0 Å². The molecule has 0 amide bonds. The summed E-state index contributed by atoms with van der Waals surface area (Å²) in [5, 5.41) is 0.762.